The Morgan fingerprint density at radius 1 is 1.31 bits per heavy atom. The van der Waals surface area contributed by atoms with Gasteiger partial charge in [-0.1, -0.05) is 18.9 Å². The van der Waals surface area contributed by atoms with E-state index in [9.17, 15) is 9.50 Å². The highest BCUT2D eigenvalue weighted by molar-refractivity contribution is 9.10. The molecule has 2 rings (SSSR count). The largest absolute Gasteiger partial charge is 0.391 e. The summed E-state index contributed by atoms with van der Waals surface area (Å²) in [4.78, 5) is 0. The van der Waals surface area contributed by atoms with Gasteiger partial charge in [0.2, 0.25) is 0 Å². The van der Waals surface area contributed by atoms with Gasteiger partial charge >= 0.3 is 0 Å². The molecule has 0 unspecified atom stereocenters. The molecule has 0 saturated heterocycles. The van der Waals surface area contributed by atoms with Gasteiger partial charge in [0.1, 0.15) is 5.82 Å². The Morgan fingerprint density at radius 3 is 2.75 bits per heavy atom. The van der Waals surface area contributed by atoms with Crippen molar-refractivity contribution in [3.8, 4) is 0 Å². The van der Waals surface area contributed by atoms with E-state index in [1.54, 1.807) is 12.1 Å². The normalized spacial score (nSPS) is 25.4. The van der Waals surface area contributed by atoms with E-state index in [0.717, 1.165) is 25.7 Å². The highest BCUT2D eigenvalue weighted by Crippen LogP contribution is 2.29. The molecule has 0 aliphatic heterocycles. The van der Waals surface area contributed by atoms with Crippen LogP contribution < -0.4 is 5.32 Å². The molecule has 1 aliphatic rings. The topological polar surface area (TPSA) is 32.3 Å². The third kappa shape index (κ3) is 2.55. The Labute approximate surface area is 103 Å². The second-order valence-corrected chi connectivity index (χ2v) is 5.05. The molecule has 1 aliphatic carbocycles. The van der Waals surface area contributed by atoms with Crippen LogP contribution in [0.5, 0.6) is 0 Å². The van der Waals surface area contributed by atoms with Crippen LogP contribution in [0, 0.1) is 5.82 Å². The molecule has 4 heteroatoms. The number of halogens is 2. The fourth-order valence-corrected chi connectivity index (χ4v) is 2.56. The van der Waals surface area contributed by atoms with Crippen LogP contribution in [0.4, 0.5) is 10.1 Å². The SMILES string of the molecule is O[C@H]1CCCC[C@@H]1Nc1c(F)cccc1Br. The van der Waals surface area contributed by atoms with Crippen molar-refractivity contribution in [2.24, 2.45) is 0 Å². The van der Waals surface area contributed by atoms with Crippen molar-refractivity contribution in [1.82, 2.24) is 0 Å². The molecule has 0 radical (unpaired) electrons. The number of hydrogen-bond donors (Lipinski definition) is 2. The standard InChI is InChI=1S/C12H15BrFNO/c13-8-4-3-5-9(14)12(8)15-10-6-1-2-7-11(10)16/h3-5,10-11,15-16H,1-2,6-7H2/t10-,11-/m0/s1. The molecule has 2 N–H and O–H groups in total. The first-order chi connectivity index (χ1) is 7.68. The van der Waals surface area contributed by atoms with Crippen molar-refractivity contribution in [2.75, 3.05) is 5.32 Å². The molecule has 2 atom stereocenters. The molecule has 1 fully saturated rings. The van der Waals surface area contributed by atoms with E-state index in [-0.39, 0.29) is 18.0 Å². The Balaban J connectivity index is 2.13. The zero-order chi connectivity index (χ0) is 11.5. The first kappa shape index (κ1) is 11.9. The number of benzene rings is 1. The van der Waals surface area contributed by atoms with Gasteiger partial charge in [-0.05, 0) is 40.9 Å². The minimum Gasteiger partial charge on any atom is -0.391 e. The third-order valence-corrected chi connectivity index (χ3v) is 3.68. The van der Waals surface area contributed by atoms with E-state index >= 15 is 0 Å². The maximum atomic E-state index is 13.6. The van der Waals surface area contributed by atoms with Gasteiger partial charge in [-0.25, -0.2) is 4.39 Å². The van der Waals surface area contributed by atoms with Crippen molar-refractivity contribution in [3.05, 3.63) is 28.5 Å². The zero-order valence-electron chi connectivity index (χ0n) is 8.92. The minimum absolute atomic E-state index is 0.0399. The zero-order valence-corrected chi connectivity index (χ0v) is 10.5. The highest BCUT2D eigenvalue weighted by Gasteiger charge is 2.24. The smallest absolute Gasteiger partial charge is 0.147 e. The number of nitrogens with one attached hydrogen (secondary N) is 1. The minimum atomic E-state index is -0.375. The average molecular weight is 288 g/mol. The quantitative estimate of drug-likeness (QED) is 0.875. The molecule has 0 amide bonds. The van der Waals surface area contributed by atoms with Gasteiger partial charge in [0.25, 0.3) is 0 Å². The second-order valence-electron chi connectivity index (χ2n) is 4.20. The van der Waals surface area contributed by atoms with Crippen LogP contribution in [0.15, 0.2) is 22.7 Å². The lowest BCUT2D eigenvalue weighted by Crippen LogP contribution is -2.36. The van der Waals surface area contributed by atoms with Crippen LogP contribution in [0.2, 0.25) is 0 Å². The second kappa shape index (κ2) is 5.15. The summed E-state index contributed by atoms with van der Waals surface area (Å²) in [6.45, 7) is 0. The number of hydrogen-bond acceptors (Lipinski definition) is 2. The lowest BCUT2D eigenvalue weighted by atomic mass is 9.92. The van der Waals surface area contributed by atoms with E-state index < -0.39 is 0 Å². The fraction of sp³-hybridized carbons (Fsp3) is 0.500. The molecule has 0 spiro atoms. The van der Waals surface area contributed by atoms with Gasteiger partial charge in [-0.2, -0.15) is 0 Å². The van der Waals surface area contributed by atoms with Crippen molar-refractivity contribution >= 4 is 21.6 Å². The van der Waals surface area contributed by atoms with Crippen LogP contribution in [0.1, 0.15) is 25.7 Å². The summed E-state index contributed by atoms with van der Waals surface area (Å²) in [5.74, 6) is -0.285. The number of rotatable bonds is 2. The van der Waals surface area contributed by atoms with Gasteiger partial charge < -0.3 is 10.4 Å². The maximum Gasteiger partial charge on any atom is 0.147 e. The van der Waals surface area contributed by atoms with Crippen molar-refractivity contribution in [2.45, 2.75) is 37.8 Å². The summed E-state index contributed by atoms with van der Waals surface area (Å²) < 4.78 is 14.3. The first-order valence-electron chi connectivity index (χ1n) is 5.57. The summed E-state index contributed by atoms with van der Waals surface area (Å²) >= 11 is 3.31. The monoisotopic (exact) mass is 287 g/mol. The van der Waals surface area contributed by atoms with E-state index in [1.807, 2.05) is 0 Å². The van der Waals surface area contributed by atoms with Gasteiger partial charge in [0.05, 0.1) is 17.8 Å². The fourth-order valence-electron chi connectivity index (χ4n) is 2.10. The van der Waals surface area contributed by atoms with Crippen LogP contribution in [-0.4, -0.2) is 17.3 Å². The molecular formula is C12H15BrFNO. The molecule has 2 nitrogen and oxygen atoms in total. The lowest BCUT2D eigenvalue weighted by molar-refractivity contribution is 0.116. The molecule has 0 heterocycles. The molecule has 1 aromatic rings. The van der Waals surface area contributed by atoms with Crippen molar-refractivity contribution < 1.29 is 9.50 Å². The Bertz CT molecular complexity index is 352. The van der Waals surface area contributed by atoms with Gasteiger partial charge in [-0.15, -0.1) is 0 Å². The summed E-state index contributed by atoms with van der Waals surface area (Å²) in [6.07, 6.45) is 3.45. The average Bonchev–Trinajstić information content (AvgIpc) is 2.26. The Hall–Kier alpha value is -0.610. The van der Waals surface area contributed by atoms with E-state index in [1.165, 1.54) is 6.07 Å². The van der Waals surface area contributed by atoms with Crippen molar-refractivity contribution in [1.29, 1.82) is 0 Å². The summed E-state index contributed by atoms with van der Waals surface area (Å²) in [5, 5.41) is 12.9. The first-order valence-corrected chi connectivity index (χ1v) is 6.36. The van der Waals surface area contributed by atoms with Gasteiger partial charge in [-0.3, -0.25) is 0 Å². The number of aliphatic hydroxyl groups excluding tert-OH is 1. The van der Waals surface area contributed by atoms with Crippen LogP contribution in [0.3, 0.4) is 0 Å². The predicted octanol–water partition coefficient (Wildman–Crippen LogP) is 3.30. The molecular weight excluding hydrogens is 273 g/mol. The van der Waals surface area contributed by atoms with E-state index in [4.69, 9.17) is 0 Å². The van der Waals surface area contributed by atoms with Crippen LogP contribution in [0.25, 0.3) is 0 Å². The Kier molecular flexibility index (Phi) is 3.82. The van der Waals surface area contributed by atoms with E-state index in [0.29, 0.717) is 10.2 Å². The number of anilines is 1. The van der Waals surface area contributed by atoms with E-state index in [2.05, 4.69) is 21.2 Å². The summed E-state index contributed by atoms with van der Waals surface area (Å²) in [7, 11) is 0. The number of aliphatic hydroxyl groups is 1. The predicted molar refractivity (Wildman–Crippen MR) is 66.0 cm³/mol. The molecule has 0 aromatic heterocycles. The number of para-hydroxylation sites is 1. The van der Waals surface area contributed by atoms with Crippen molar-refractivity contribution in [3.63, 3.8) is 0 Å². The van der Waals surface area contributed by atoms with Crippen LogP contribution >= 0.6 is 15.9 Å². The van der Waals surface area contributed by atoms with Crippen LogP contribution in [-0.2, 0) is 0 Å². The summed E-state index contributed by atoms with van der Waals surface area (Å²) in [6, 6.07) is 4.83. The lowest BCUT2D eigenvalue weighted by Gasteiger charge is -2.29. The van der Waals surface area contributed by atoms with Gasteiger partial charge in [0, 0.05) is 4.47 Å². The highest BCUT2D eigenvalue weighted by atomic mass is 79.9. The maximum absolute atomic E-state index is 13.6. The molecule has 88 valence electrons. The molecule has 1 saturated carbocycles. The Morgan fingerprint density at radius 2 is 2.06 bits per heavy atom. The molecule has 0 bridgehead atoms. The third-order valence-electron chi connectivity index (χ3n) is 3.02. The molecule has 16 heavy (non-hydrogen) atoms. The molecule has 1 aromatic carbocycles. The van der Waals surface area contributed by atoms with Gasteiger partial charge in [0.15, 0.2) is 0 Å². The summed E-state index contributed by atoms with van der Waals surface area (Å²) in [5.41, 5.74) is 0.452.